The number of likely N-dealkylation sites (tertiary alicyclic amines) is 1. The second-order valence-corrected chi connectivity index (χ2v) is 23.3. The number of benzene rings is 1. The zero-order valence-electron chi connectivity index (χ0n) is 38.9. The molecule has 6 rings (SSSR count). The van der Waals surface area contributed by atoms with Crippen LogP contribution in [0.3, 0.4) is 0 Å². The highest BCUT2D eigenvalue weighted by molar-refractivity contribution is 7.92. The first kappa shape index (κ1) is 50.6. The number of anilines is 1. The number of rotatable bonds is 17. The first-order valence-corrected chi connectivity index (χ1v) is 25.4. The quantitative estimate of drug-likeness (QED) is 0.0900. The molecule has 66 heavy (non-hydrogen) atoms. The fourth-order valence-electron chi connectivity index (χ4n) is 9.33. The van der Waals surface area contributed by atoms with Crippen molar-refractivity contribution in [2.75, 3.05) is 24.7 Å². The summed E-state index contributed by atoms with van der Waals surface area (Å²) in [6.07, 6.45) is 1.43. The van der Waals surface area contributed by atoms with Crippen molar-refractivity contribution in [1.29, 1.82) is 0 Å². The fourth-order valence-corrected chi connectivity index (χ4v) is 11.7. The maximum atomic E-state index is 15.3. The number of nitrogens with zero attached hydrogens (tertiary/aromatic N) is 3. The van der Waals surface area contributed by atoms with Gasteiger partial charge in [0, 0.05) is 41.8 Å². The van der Waals surface area contributed by atoms with Crippen molar-refractivity contribution < 1.29 is 51.0 Å². The molecule has 364 valence electrons. The van der Waals surface area contributed by atoms with Crippen LogP contribution in [0.25, 0.3) is 22.3 Å². The molecular weight excluding hydrogens is 897 g/mol. The number of methoxy groups -OCH3 is 1. The van der Waals surface area contributed by atoms with Crippen LogP contribution < -0.4 is 30.7 Å². The van der Waals surface area contributed by atoms with Crippen LogP contribution in [0.5, 0.6) is 11.5 Å². The maximum absolute atomic E-state index is 15.3. The number of hydrogen-bond acceptors (Lipinski definition) is 12. The lowest BCUT2D eigenvalue weighted by atomic mass is 9.70. The third-order valence-corrected chi connectivity index (χ3v) is 16.7. The maximum Gasteiger partial charge on any atom is 0.326 e. The SMILES string of the molecule is COc1ccc2c(O[C@@H]3C[C@@H](C(=O)N[C@@H](CC(F)F)C(=O)O)N(C(=O)[C@@H](NC(=O)NC4(CS(=O)(=O)C(C)(C)C)CCCCC4)C4(C)CCCCC4)C3)cc(-c3csc(NC(C)C)n3)nc2c1. The number of fused-ring (bicyclic) bond motifs is 1. The molecule has 1 aliphatic heterocycles. The Balaban J connectivity index is 1.36. The van der Waals surface area contributed by atoms with Gasteiger partial charge in [-0.25, -0.2) is 36.8 Å². The lowest BCUT2D eigenvalue weighted by Crippen LogP contribution is -2.64. The summed E-state index contributed by atoms with van der Waals surface area (Å²) in [5.74, 6) is -2.66. The number of hydrogen-bond donors (Lipinski definition) is 5. The van der Waals surface area contributed by atoms with Crippen LogP contribution in [0.15, 0.2) is 29.6 Å². The van der Waals surface area contributed by atoms with Gasteiger partial charge in [0.05, 0.1) is 40.9 Å². The minimum atomic E-state index is -3.68. The lowest BCUT2D eigenvalue weighted by molar-refractivity contribution is -0.146. The van der Waals surface area contributed by atoms with Gasteiger partial charge in [0.15, 0.2) is 15.0 Å². The Morgan fingerprint density at radius 1 is 0.970 bits per heavy atom. The first-order valence-electron chi connectivity index (χ1n) is 22.8. The number of pyridine rings is 1. The van der Waals surface area contributed by atoms with E-state index in [2.05, 4.69) is 21.3 Å². The second-order valence-electron chi connectivity index (χ2n) is 19.7. The Hall–Kier alpha value is -4.85. The van der Waals surface area contributed by atoms with Gasteiger partial charge >= 0.3 is 12.0 Å². The highest BCUT2D eigenvalue weighted by atomic mass is 32.2. The van der Waals surface area contributed by atoms with Gasteiger partial charge in [-0.15, -0.1) is 11.3 Å². The number of aliphatic carboxylic acids is 1. The normalized spacial score (nSPS) is 20.7. The predicted molar refractivity (Wildman–Crippen MR) is 249 cm³/mol. The molecule has 0 spiro atoms. The van der Waals surface area contributed by atoms with Gasteiger partial charge in [0.1, 0.15) is 41.4 Å². The smallest absolute Gasteiger partial charge is 0.326 e. The molecule has 0 bridgehead atoms. The number of aromatic nitrogens is 2. The largest absolute Gasteiger partial charge is 0.497 e. The molecule has 3 aromatic rings. The molecule has 4 atom stereocenters. The van der Waals surface area contributed by atoms with Gasteiger partial charge < -0.3 is 40.7 Å². The van der Waals surface area contributed by atoms with Gasteiger partial charge in [-0.2, -0.15) is 0 Å². The number of ether oxygens (including phenoxy) is 2. The molecule has 1 aromatic carbocycles. The van der Waals surface area contributed by atoms with Crippen LogP contribution in [0, 0.1) is 5.41 Å². The zero-order chi connectivity index (χ0) is 48.2. The third-order valence-electron chi connectivity index (χ3n) is 13.1. The summed E-state index contributed by atoms with van der Waals surface area (Å²) >= 11 is 1.41. The second kappa shape index (κ2) is 20.6. The number of carboxylic acid groups (broad SMARTS) is 1. The lowest BCUT2D eigenvalue weighted by Gasteiger charge is -2.44. The monoisotopic (exact) mass is 961 g/mol. The molecule has 2 aliphatic carbocycles. The Kier molecular flexibility index (Phi) is 15.8. The zero-order valence-corrected chi connectivity index (χ0v) is 40.5. The van der Waals surface area contributed by atoms with Crippen molar-refractivity contribution in [3.05, 3.63) is 29.6 Å². The third kappa shape index (κ3) is 12.0. The van der Waals surface area contributed by atoms with Gasteiger partial charge in [0.2, 0.25) is 18.2 Å². The molecular formula is C46H65F2N7O9S2. The van der Waals surface area contributed by atoms with Crippen LogP contribution >= 0.6 is 11.3 Å². The molecule has 16 nitrogen and oxygen atoms in total. The van der Waals surface area contributed by atoms with Crippen molar-refractivity contribution >= 4 is 61.0 Å². The Labute approximate surface area is 389 Å². The molecule has 3 aliphatic rings. The van der Waals surface area contributed by atoms with E-state index < -0.39 is 86.4 Å². The van der Waals surface area contributed by atoms with E-state index in [1.807, 2.05) is 26.2 Å². The molecule has 0 radical (unpaired) electrons. The summed E-state index contributed by atoms with van der Waals surface area (Å²) in [6.45, 7) is 10.6. The molecule has 3 heterocycles. The van der Waals surface area contributed by atoms with E-state index in [1.165, 1.54) is 23.3 Å². The Morgan fingerprint density at radius 2 is 1.64 bits per heavy atom. The van der Waals surface area contributed by atoms with Gasteiger partial charge in [-0.05, 0) is 77.8 Å². The van der Waals surface area contributed by atoms with Crippen molar-refractivity contribution in [2.24, 2.45) is 5.41 Å². The van der Waals surface area contributed by atoms with Crippen LogP contribution in [0.2, 0.25) is 0 Å². The van der Waals surface area contributed by atoms with Crippen molar-refractivity contribution in [3.8, 4) is 22.9 Å². The van der Waals surface area contributed by atoms with Crippen LogP contribution in [-0.2, 0) is 24.2 Å². The number of alkyl halides is 2. The molecule has 2 saturated carbocycles. The van der Waals surface area contributed by atoms with E-state index in [0.717, 1.165) is 25.7 Å². The molecule has 4 amide bonds. The molecule has 1 saturated heterocycles. The first-order chi connectivity index (χ1) is 31.0. The number of carbonyl (C=O) groups excluding carboxylic acids is 3. The van der Waals surface area contributed by atoms with E-state index in [1.54, 1.807) is 45.0 Å². The Bertz CT molecular complexity index is 2340. The molecule has 5 N–H and O–H groups in total. The topological polar surface area (TPSA) is 218 Å². The van der Waals surface area contributed by atoms with Crippen molar-refractivity contribution in [3.63, 3.8) is 0 Å². The van der Waals surface area contributed by atoms with E-state index in [9.17, 15) is 36.7 Å². The summed E-state index contributed by atoms with van der Waals surface area (Å²) in [6, 6.07) is 1.81. The summed E-state index contributed by atoms with van der Waals surface area (Å²) in [5, 5.41) is 24.5. The number of carbonyl (C=O) groups is 4. The average Bonchev–Trinajstić information content (AvgIpc) is 3.89. The Morgan fingerprint density at radius 3 is 2.24 bits per heavy atom. The summed E-state index contributed by atoms with van der Waals surface area (Å²) < 4.78 is 65.5. The van der Waals surface area contributed by atoms with Crippen LogP contribution in [0.4, 0.5) is 18.7 Å². The van der Waals surface area contributed by atoms with Gasteiger partial charge in [0.25, 0.3) is 0 Å². The van der Waals surface area contributed by atoms with Crippen molar-refractivity contribution in [1.82, 2.24) is 30.8 Å². The van der Waals surface area contributed by atoms with Crippen molar-refractivity contribution in [2.45, 2.75) is 166 Å². The molecule has 2 aromatic heterocycles. The molecule has 0 unspecified atom stereocenters. The van der Waals surface area contributed by atoms with Gasteiger partial charge in [-0.1, -0.05) is 45.4 Å². The minimum Gasteiger partial charge on any atom is -0.497 e. The summed E-state index contributed by atoms with van der Waals surface area (Å²) in [5.41, 5.74) is -0.341. The highest BCUT2D eigenvalue weighted by Gasteiger charge is 2.50. The number of carboxylic acids is 1. The predicted octanol–water partition coefficient (Wildman–Crippen LogP) is 7.31. The number of sulfone groups is 1. The van der Waals surface area contributed by atoms with Crippen LogP contribution in [-0.4, -0.2) is 119 Å². The number of urea groups is 1. The average molecular weight is 962 g/mol. The number of halogens is 2. The molecule has 3 fully saturated rings. The number of amides is 4. The van der Waals surface area contributed by atoms with Gasteiger partial charge in [-0.3, -0.25) is 9.59 Å². The molecule has 20 heteroatoms. The van der Waals surface area contributed by atoms with E-state index >= 15 is 4.79 Å². The highest BCUT2D eigenvalue weighted by Crippen LogP contribution is 2.42. The summed E-state index contributed by atoms with van der Waals surface area (Å²) in [7, 11) is -2.15. The summed E-state index contributed by atoms with van der Waals surface area (Å²) in [4.78, 5) is 66.8. The van der Waals surface area contributed by atoms with E-state index in [-0.39, 0.29) is 24.8 Å². The number of nitrogens with one attached hydrogen (secondary N) is 4. The van der Waals surface area contributed by atoms with E-state index in [4.69, 9.17) is 19.4 Å². The number of thiazole rings is 1. The minimum absolute atomic E-state index is 0.131. The fraction of sp³-hybridized carbons (Fsp3) is 0.652. The standard InChI is InChI=1S/C46H65F2N7O9S2/c1-27(2)49-43-52-34(25-65-43)32-22-36(30-15-14-28(63-7)20-31(30)50-32)64-29-21-35(39(56)51-33(41(58)59)23-37(47)48)55(24-29)40(57)38(45(6)16-10-8-11-17-45)53-42(60)54-46(18-12-9-13-19-46)26-66(61,62)44(3,4)5/h14-15,20,22,25,27,29,33,35,37-38H,8-13,16-19,21,23-24,26H2,1-7H3,(H,49,52)(H,51,56)(H,58,59)(H2,53,54,60)/t29-,33+,35+,38-/m1/s1. The van der Waals surface area contributed by atoms with E-state index in [0.29, 0.717) is 77.4 Å². The van der Waals surface area contributed by atoms with Crippen LogP contribution in [0.1, 0.15) is 119 Å².